The highest BCUT2D eigenvalue weighted by Gasteiger charge is 2.51. The third kappa shape index (κ3) is 3.20. The number of benzene rings is 3. The lowest BCUT2D eigenvalue weighted by atomic mass is 9.78. The second kappa shape index (κ2) is 7.08. The number of rotatable bonds is 3. The molecule has 1 aliphatic rings. The van der Waals surface area contributed by atoms with Gasteiger partial charge < -0.3 is 14.0 Å². The first-order chi connectivity index (χ1) is 14.8. The van der Waals surface area contributed by atoms with Gasteiger partial charge in [0.25, 0.3) is 0 Å². The minimum absolute atomic E-state index is 0.358. The maximum absolute atomic E-state index is 6.20. The molecule has 156 valence electrons. The minimum atomic E-state index is -0.375. The molecular weight excluding hydrogens is 385 g/mol. The molecule has 0 radical (unpaired) electrons. The van der Waals surface area contributed by atoms with Crippen LogP contribution in [0, 0.1) is 0 Å². The molecule has 1 aliphatic heterocycles. The van der Waals surface area contributed by atoms with E-state index in [1.54, 1.807) is 7.11 Å². The molecule has 0 amide bonds. The average molecular weight is 411 g/mol. The highest BCUT2D eigenvalue weighted by atomic mass is 16.7. The maximum Gasteiger partial charge on any atom is 0.494 e. The van der Waals surface area contributed by atoms with Gasteiger partial charge in [0, 0.05) is 21.7 Å². The van der Waals surface area contributed by atoms with E-state index in [1.807, 2.05) is 30.3 Å². The van der Waals surface area contributed by atoms with Crippen LogP contribution in [0.15, 0.2) is 66.7 Å². The van der Waals surface area contributed by atoms with Gasteiger partial charge in [0.1, 0.15) is 5.75 Å². The molecule has 0 aliphatic carbocycles. The molecule has 31 heavy (non-hydrogen) atoms. The van der Waals surface area contributed by atoms with Crippen LogP contribution in [0.3, 0.4) is 0 Å². The normalized spacial score (nSPS) is 17.4. The van der Waals surface area contributed by atoms with Crippen molar-refractivity contribution in [1.82, 2.24) is 4.98 Å². The fourth-order valence-corrected chi connectivity index (χ4v) is 4.14. The largest absolute Gasteiger partial charge is 0.496 e. The van der Waals surface area contributed by atoms with Crippen molar-refractivity contribution in [2.24, 2.45) is 0 Å². The van der Waals surface area contributed by atoms with Crippen LogP contribution in [0.4, 0.5) is 0 Å². The zero-order valence-corrected chi connectivity index (χ0v) is 18.6. The van der Waals surface area contributed by atoms with Crippen LogP contribution in [0.1, 0.15) is 27.7 Å². The van der Waals surface area contributed by atoms with Crippen molar-refractivity contribution in [3.8, 4) is 17.0 Å². The highest BCUT2D eigenvalue weighted by Crippen LogP contribution is 2.38. The molecule has 0 atom stereocenters. The SMILES string of the molecule is COc1cccc2c(-c3ccc(B4OC(C)(C)C(C)(C)O4)cc3)nc3ccccc3c12. The van der Waals surface area contributed by atoms with Gasteiger partial charge in [-0.3, -0.25) is 0 Å². The summed E-state index contributed by atoms with van der Waals surface area (Å²) in [4.78, 5) is 5.00. The summed E-state index contributed by atoms with van der Waals surface area (Å²) in [6, 6.07) is 22.6. The third-order valence-corrected chi connectivity index (χ3v) is 6.62. The number of ether oxygens (including phenoxy) is 1. The summed E-state index contributed by atoms with van der Waals surface area (Å²) < 4.78 is 18.1. The summed E-state index contributed by atoms with van der Waals surface area (Å²) in [6.07, 6.45) is 0. The fraction of sp³-hybridized carbons (Fsp3) is 0.269. The van der Waals surface area contributed by atoms with Crippen molar-refractivity contribution in [3.63, 3.8) is 0 Å². The quantitative estimate of drug-likeness (QED) is 0.336. The molecule has 4 nitrogen and oxygen atoms in total. The molecule has 4 aromatic rings. The summed E-state index contributed by atoms with van der Waals surface area (Å²) in [5.41, 5.74) is 3.22. The van der Waals surface area contributed by atoms with Gasteiger partial charge in [-0.2, -0.15) is 0 Å². The molecule has 1 saturated heterocycles. The van der Waals surface area contributed by atoms with Gasteiger partial charge in [-0.1, -0.05) is 54.6 Å². The first-order valence-corrected chi connectivity index (χ1v) is 10.6. The van der Waals surface area contributed by atoms with Gasteiger partial charge in [-0.25, -0.2) is 4.98 Å². The van der Waals surface area contributed by atoms with Crippen LogP contribution >= 0.6 is 0 Å². The zero-order valence-electron chi connectivity index (χ0n) is 18.6. The smallest absolute Gasteiger partial charge is 0.494 e. The number of hydrogen-bond donors (Lipinski definition) is 0. The standard InChI is InChI=1S/C26H26BNO3/c1-25(2)26(3,4)31-27(30-25)18-15-13-17(14-16-18)24-20-10-8-12-22(29-5)23(20)19-9-6-7-11-21(19)28-24/h6-16H,1-5H3. The molecule has 5 rings (SSSR count). The number of nitrogens with zero attached hydrogens (tertiary/aromatic N) is 1. The van der Waals surface area contributed by atoms with E-state index in [9.17, 15) is 0 Å². The Bertz CT molecular complexity index is 1270. The number of methoxy groups -OCH3 is 1. The van der Waals surface area contributed by atoms with Crippen LogP contribution in [-0.2, 0) is 9.31 Å². The van der Waals surface area contributed by atoms with Crippen molar-refractivity contribution in [2.75, 3.05) is 7.11 Å². The van der Waals surface area contributed by atoms with Crippen LogP contribution in [0.2, 0.25) is 0 Å². The molecule has 0 saturated carbocycles. The molecule has 1 aromatic heterocycles. The van der Waals surface area contributed by atoms with E-state index in [-0.39, 0.29) is 18.3 Å². The van der Waals surface area contributed by atoms with Crippen molar-refractivity contribution in [2.45, 2.75) is 38.9 Å². The molecular formula is C26H26BNO3. The molecule has 0 bridgehead atoms. The Morgan fingerprint density at radius 3 is 2.10 bits per heavy atom. The number of pyridine rings is 1. The Labute approximate surface area is 183 Å². The summed E-state index contributed by atoms with van der Waals surface area (Å²) >= 11 is 0. The summed E-state index contributed by atoms with van der Waals surface area (Å²) in [7, 11) is 1.34. The predicted molar refractivity (Wildman–Crippen MR) is 127 cm³/mol. The van der Waals surface area contributed by atoms with Crippen LogP contribution in [-0.4, -0.2) is 30.4 Å². The molecule has 1 fully saturated rings. The van der Waals surface area contributed by atoms with Gasteiger partial charge in [0.05, 0.1) is 29.5 Å². The van der Waals surface area contributed by atoms with E-state index >= 15 is 0 Å². The second-order valence-electron chi connectivity index (χ2n) is 9.07. The fourth-order valence-electron chi connectivity index (χ4n) is 4.14. The van der Waals surface area contributed by atoms with E-state index in [2.05, 4.69) is 64.1 Å². The van der Waals surface area contributed by atoms with Gasteiger partial charge in [0.2, 0.25) is 0 Å². The number of aromatic nitrogens is 1. The average Bonchev–Trinajstić information content (AvgIpc) is 2.99. The van der Waals surface area contributed by atoms with E-state index in [0.29, 0.717) is 0 Å². The van der Waals surface area contributed by atoms with Crippen molar-refractivity contribution in [3.05, 3.63) is 66.7 Å². The van der Waals surface area contributed by atoms with E-state index in [4.69, 9.17) is 19.0 Å². The summed E-state index contributed by atoms with van der Waals surface area (Å²) in [5.74, 6) is 0.853. The van der Waals surface area contributed by atoms with Crippen molar-refractivity contribution >= 4 is 34.3 Å². The van der Waals surface area contributed by atoms with Gasteiger partial charge in [-0.05, 0) is 45.3 Å². The lowest BCUT2D eigenvalue weighted by Gasteiger charge is -2.32. The monoisotopic (exact) mass is 411 g/mol. The zero-order chi connectivity index (χ0) is 21.8. The molecule has 0 unspecified atom stereocenters. The second-order valence-corrected chi connectivity index (χ2v) is 9.07. The summed E-state index contributed by atoms with van der Waals surface area (Å²) in [6.45, 7) is 8.28. The Hall–Kier alpha value is -2.89. The highest BCUT2D eigenvalue weighted by molar-refractivity contribution is 6.62. The van der Waals surface area contributed by atoms with Crippen LogP contribution in [0.25, 0.3) is 32.9 Å². The minimum Gasteiger partial charge on any atom is -0.496 e. The van der Waals surface area contributed by atoms with Crippen LogP contribution in [0.5, 0.6) is 5.75 Å². The number of para-hydroxylation sites is 1. The molecule has 0 spiro atoms. The van der Waals surface area contributed by atoms with E-state index in [0.717, 1.165) is 44.1 Å². The first kappa shape index (κ1) is 20.0. The van der Waals surface area contributed by atoms with Gasteiger partial charge >= 0.3 is 7.12 Å². The Morgan fingerprint density at radius 2 is 1.42 bits per heavy atom. The lowest BCUT2D eigenvalue weighted by molar-refractivity contribution is 0.00578. The predicted octanol–water partition coefficient (Wildman–Crippen LogP) is 5.36. The Morgan fingerprint density at radius 1 is 0.774 bits per heavy atom. The van der Waals surface area contributed by atoms with E-state index < -0.39 is 0 Å². The summed E-state index contributed by atoms with van der Waals surface area (Å²) in [5, 5.41) is 3.25. The van der Waals surface area contributed by atoms with Crippen molar-refractivity contribution < 1.29 is 14.0 Å². The van der Waals surface area contributed by atoms with Gasteiger partial charge in [-0.15, -0.1) is 0 Å². The molecule has 5 heteroatoms. The van der Waals surface area contributed by atoms with E-state index in [1.165, 1.54) is 0 Å². The number of hydrogen-bond acceptors (Lipinski definition) is 4. The Balaban J connectivity index is 1.62. The molecule has 0 N–H and O–H groups in total. The van der Waals surface area contributed by atoms with Gasteiger partial charge in [0.15, 0.2) is 0 Å². The maximum atomic E-state index is 6.20. The lowest BCUT2D eigenvalue weighted by Crippen LogP contribution is -2.41. The molecule has 3 aromatic carbocycles. The molecule has 2 heterocycles. The van der Waals surface area contributed by atoms with Crippen molar-refractivity contribution in [1.29, 1.82) is 0 Å². The third-order valence-electron chi connectivity index (χ3n) is 6.62. The number of fused-ring (bicyclic) bond motifs is 3. The van der Waals surface area contributed by atoms with Crippen LogP contribution < -0.4 is 10.2 Å². The Kier molecular flexibility index (Phi) is 4.58. The topological polar surface area (TPSA) is 40.6 Å². The first-order valence-electron chi connectivity index (χ1n) is 10.6.